The highest BCUT2D eigenvalue weighted by molar-refractivity contribution is 5.39. The molecule has 0 fully saturated rings. The number of aromatic nitrogens is 2. The van der Waals surface area contributed by atoms with Gasteiger partial charge in [-0.2, -0.15) is 0 Å². The molecule has 1 aromatic carbocycles. The number of nitrogens with zero attached hydrogens (tertiary/aromatic N) is 1. The molecule has 2 aromatic rings. The van der Waals surface area contributed by atoms with Crippen molar-refractivity contribution in [3.63, 3.8) is 0 Å². The van der Waals surface area contributed by atoms with E-state index in [9.17, 15) is 4.79 Å². The fraction of sp³-hybridized carbons (Fsp3) is 0.400. The molecule has 1 heterocycles. The van der Waals surface area contributed by atoms with E-state index < -0.39 is 0 Å². The Bertz CT molecular complexity index is 594. The molecule has 1 N–H and O–H groups in total. The molecular weight excluding hydrogens is 240 g/mol. The number of ether oxygens (including phenoxy) is 1. The molecular formula is C15H20N2O2. The smallest absolute Gasteiger partial charge is 0.267 e. The van der Waals surface area contributed by atoms with E-state index in [0.717, 1.165) is 42.0 Å². The summed E-state index contributed by atoms with van der Waals surface area (Å²) in [6.45, 7) is 4.16. The Morgan fingerprint density at radius 3 is 2.42 bits per heavy atom. The molecule has 0 saturated carbocycles. The lowest BCUT2D eigenvalue weighted by molar-refractivity contribution is 0.414. The zero-order valence-corrected chi connectivity index (χ0v) is 11.7. The minimum atomic E-state index is 0.0227. The summed E-state index contributed by atoms with van der Waals surface area (Å²) in [6.07, 6.45) is 2.63. The number of methoxy groups -OCH3 is 1. The molecule has 19 heavy (non-hydrogen) atoms. The van der Waals surface area contributed by atoms with Gasteiger partial charge in [0.25, 0.3) is 5.56 Å². The summed E-state index contributed by atoms with van der Waals surface area (Å²) in [6, 6.07) is 7.69. The van der Waals surface area contributed by atoms with E-state index in [1.807, 2.05) is 28.9 Å². The molecule has 0 bridgehead atoms. The molecule has 4 heteroatoms. The van der Waals surface area contributed by atoms with Crippen molar-refractivity contribution in [1.82, 2.24) is 9.78 Å². The fourth-order valence-corrected chi connectivity index (χ4v) is 2.33. The first-order valence-corrected chi connectivity index (χ1v) is 6.68. The molecule has 0 aliphatic heterocycles. The summed E-state index contributed by atoms with van der Waals surface area (Å²) < 4.78 is 7.03. The Kier molecular flexibility index (Phi) is 4.10. The Balaban J connectivity index is 2.48. The number of benzene rings is 1. The lowest BCUT2D eigenvalue weighted by Gasteiger charge is -2.09. The number of hydrogen-bond donors (Lipinski definition) is 1. The quantitative estimate of drug-likeness (QED) is 0.898. The fourth-order valence-electron chi connectivity index (χ4n) is 2.33. The van der Waals surface area contributed by atoms with Crippen molar-refractivity contribution < 1.29 is 4.74 Å². The molecule has 102 valence electrons. The summed E-state index contributed by atoms with van der Waals surface area (Å²) in [5.74, 6) is 0.810. The summed E-state index contributed by atoms with van der Waals surface area (Å²) in [5.41, 5.74) is 2.95. The third kappa shape index (κ3) is 2.57. The van der Waals surface area contributed by atoms with E-state index in [-0.39, 0.29) is 5.56 Å². The van der Waals surface area contributed by atoms with Crippen molar-refractivity contribution in [2.75, 3.05) is 7.11 Å². The van der Waals surface area contributed by atoms with Gasteiger partial charge in [-0.15, -0.1) is 0 Å². The highest BCUT2D eigenvalue weighted by Crippen LogP contribution is 2.17. The van der Waals surface area contributed by atoms with Crippen molar-refractivity contribution >= 4 is 0 Å². The molecule has 0 amide bonds. The van der Waals surface area contributed by atoms with Gasteiger partial charge in [-0.25, -0.2) is 0 Å². The van der Waals surface area contributed by atoms with Crippen molar-refractivity contribution in [2.24, 2.45) is 0 Å². The van der Waals surface area contributed by atoms with Gasteiger partial charge in [-0.05, 0) is 37.1 Å². The van der Waals surface area contributed by atoms with Crippen LogP contribution in [0.3, 0.4) is 0 Å². The van der Waals surface area contributed by atoms with E-state index in [1.54, 1.807) is 7.11 Å². The summed E-state index contributed by atoms with van der Waals surface area (Å²) in [7, 11) is 1.64. The van der Waals surface area contributed by atoms with E-state index in [0.29, 0.717) is 0 Å². The van der Waals surface area contributed by atoms with Gasteiger partial charge in [0.05, 0.1) is 12.8 Å². The predicted octanol–water partition coefficient (Wildman–Crippen LogP) is 2.69. The van der Waals surface area contributed by atoms with Crippen LogP contribution in [0.25, 0.3) is 5.69 Å². The first-order chi connectivity index (χ1) is 9.21. The molecule has 0 atom stereocenters. The zero-order chi connectivity index (χ0) is 13.8. The summed E-state index contributed by atoms with van der Waals surface area (Å²) >= 11 is 0. The topological polar surface area (TPSA) is 47.0 Å². The SMILES string of the molecule is CCCc1c(CC)n(-c2ccc(OC)cc2)[nH]c1=O. The van der Waals surface area contributed by atoms with E-state index in [4.69, 9.17) is 4.74 Å². The second kappa shape index (κ2) is 5.78. The minimum absolute atomic E-state index is 0.0227. The van der Waals surface area contributed by atoms with Gasteiger partial charge in [0.2, 0.25) is 0 Å². The van der Waals surface area contributed by atoms with Crippen molar-refractivity contribution in [3.05, 3.63) is 45.9 Å². The van der Waals surface area contributed by atoms with Gasteiger partial charge in [-0.3, -0.25) is 14.6 Å². The van der Waals surface area contributed by atoms with E-state index >= 15 is 0 Å². The van der Waals surface area contributed by atoms with Crippen LogP contribution in [-0.2, 0) is 12.8 Å². The molecule has 0 saturated heterocycles. The van der Waals surface area contributed by atoms with Crippen LogP contribution < -0.4 is 10.3 Å². The Morgan fingerprint density at radius 1 is 1.21 bits per heavy atom. The van der Waals surface area contributed by atoms with Crippen LogP contribution in [0.5, 0.6) is 5.75 Å². The maximum Gasteiger partial charge on any atom is 0.267 e. The first-order valence-electron chi connectivity index (χ1n) is 6.68. The van der Waals surface area contributed by atoms with Gasteiger partial charge in [0, 0.05) is 11.3 Å². The van der Waals surface area contributed by atoms with Gasteiger partial charge in [0.1, 0.15) is 5.75 Å². The molecule has 1 aromatic heterocycles. The standard InChI is InChI=1S/C15H20N2O2/c1-4-6-13-14(5-2)17(16-15(13)18)11-7-9-12(19-3)10-8-11/h7-10H,4-6H2,1-3H3,(H,16,18). The van der Waals surface area contributed by atoms with Gasteiger partial charge >= 0.3 is 0 Å². The van der Waals surface area contributed by atoms with Crippen molar-refractivity contribution in [2.45, 2.75) is 33.1 Å². The molecule has 2 rings (SSSR count). The highest BCUT2D eigenvalue weighted by Gasteiger charge is 2.13. The van der Waals surface area contributed by atoms with Crippen LogP contribution in [0, 0.1) is 0 Å². The van der Waals surface area contributed by atoms with Crippen LogP contribution >= 0.6 is 0 Å². The predicted molar refractivity (Wildman–Crippen MR) is 76.3 cm³/mol. The Morgan fingerprint density at radius 2 is 1.89 bits per heavy atom. The molecule has 0 aliphatic carbocycles. The average Bonchev–Trinajstić information content (AvgIpc) is 2.76. The number of H-pyrrole nitrogens is 1. The lowest BCUT2D eigenvalue weighted by atomic mass is 10.1. The maximum absolute atomic E-state index is 12.0. The zero-order valence-electron chi connectivity index (χ0n) is 11.7. The molecule has 0 aliphatic rings. The van der Waals surface area contributed by atoms with E-state index in [2.05, 4.69) is 18.9 Å². The Labute approximate surface area is 113 Å². The minimum Gasteiger partial charge on any atom is -0.497 e. The van der Waals surface area contributed by atoms with E-state index in [1.165, 1.54) is 0 Å². The Hall–Kier alpha value is -1.97. The maximum atomic E-state index is 12.0. The summed E-state index contributed by atoms with van der Waals surface area (Å²) in [4.78, 5) is 12.0. The normalized spacial score (nSPS) is 10.7. The molecule has 0 radical (unpaired) electrons. The highest BCUT2D eigenvalue weighted by atomic mass is 16.5. The van der Waals surface area contributed by atoms with Crippen molar-refractivity contribution in [1.29, 1.82) is 0 Å². The lowest BCUT2D eigenvalue weighted by Crippen LogP contribution is -2.07. The number of aromatic amines is 1. The molecule has 0 spiro atoms. The van der Waals surface area contributed by atoms with Gasteiger partial charge in [-0.1, -0.05) is 20.3 Å². The average molecular weight is 260 g/mol. The largest absolute Gasteiger partial charge is 0.497 e. The van der Waals surface area contributed by atoms with Crippen LogP contribution in [0.1, 0.15) is 31.5 Å². The number of nitrogens with one attached hydrogen (secondary N) is 1. The van der Waals surface area contributed by atoms with Crippen molar-refractivity contribution in [3.8, 4) is 11.4 Å². The second-order valence-electron chi connectivity index (χ2n) is 4.50. The monoisotopic (exact) mass is 260 g/mol. The molecule has 0 unspecified atom stereocenters. The summed E-state index contributed by atoms with van der Waals surface area (Å²) in [5, 5.41) is 2.92. The van der Waals surface area contributed by atoms with Gasteiger partial charge < -0.3 is 4.74 Å². The molecule has 4 nitrogen and oxygen atoms in total. The first kappa shape index (κ1) is 13.5. The third-order valence-electron chi connectivity index (χ3n) is 3.27. The van der Waals surface area contributed by atoms with Crippen LogP contribution in [0.15, 0.2) is 29.1 Å². The third-order valence-corrected chi connectivity index (χ3v) is 3.27. The number of hydrogen-bond acceptors (Lipinski definition) is 2. The van der Waals surface area contributed by atoms with Crippen LogP contribution in [0.4, 0.5) is 0 Å². The van der Waals surface area contributed by atoms with Crippen LogP contribution in [-0.4, -0.2) is 16.9 Å². The van der Waals surface area contributed by atoms with Crippen LogP contribution in [0.2, 0.25) is 0 Å². The number of rotatable bonds is 5. The van der Waals surface area contributed by atoms with Gasteiger partial charge in [0.15, 0.2) is 0 Å². The second-order valence-corrected chi connectivity index (χ2v) is 4.50.